The molecule has 1 fully saturated rings. The van der Waals surface area contributed by atoms with E-state index in [0.717, 1.165) is 25.3 Å². The number of halogens is 1. The summed E-state index contributed by atoms with van der Waals surface area (Å²) in [4.78, 5) is 14.1. The maximum atomic E-state index is 13.1. The zero-order chi connectivity index (χ0) is 13.1. The Morgan fingerprint density at radius 1 is 1.61 bits per heavy atom. The number of rotatable bonds is 2. The molecule has 1 aliphatic rings. The van der Waals surface area contributed by atoms with Crippen molar-refractivity contribution in [2.45, 2.75) is 18.6 Å². The molecule has 0 bridgehead atoms. The van der Waals surface area contributed by atoms with E-state index in [4.69, 9.17) is 5.73 Å². The van der Waals surface area contributed by atoms with Crippen LogP contribution in [-0.4, -0.2) is 34.9 Å². The molecule has 1 aromatic carbocycles. The first kappa shape index (κ1) is 13.2. The highest BCUT2D eigenvalue weighted by Crippen LogP contribution is 2.23. The predicted octanol–water partition coefficient (Wildman–Crippen LogP) is 2.38. The minimum Gasteiger partial charge on any atom is -0.396 e. The van der Waals surface area contributed by atoms with Gasteiger partial charge in [-0.2, -0.15) is 11.8 Å². The van der Waals surface area contributed by atoms with Crippen molar-refractivity contribution in [1.82, 2.24) is 4.90 Å². The van der Waals surface area contributed by atoms with Crippen LogP contribution in [0.1, 0.15) is 23.7 Å². The zero-order valence-electron chi connectivity index (χ0n) is 10.4. The Bertz CT molecular complexity index is 453. The lowest BCUT2D eigenvalue weighted by atomic mass is 10.1. The summed E-state index contributed by atoms with van der Waals surface area (Å²) in [6.07, 6.45) is 1.06. The third-order valence-electron chi connectivity index (χ3n) is 3.12. The largest absolute Gasteiger partial charge is 0.396 e. The highest BCUT2D eigenvalue weighted by Gasteiger charge is 2.24. The van der Waals surface area contributed by atoms with E-state index in [2.05, 4.69) is 6.92 Å². The second-order valence-electron chi connectivity index (χ2n) is 4.39. The van der Waals surface area contributed by atoms with Gasteiger partial charge < -0.3 is 10.6 Å². The second kappa shape index (κ2) is 5.61. The van der Waals surface area contributed by atoms with Crippen LogP contribution in [0.5, 0.6) is 0 Å². The SMILES string of the molecule is CCC1CN(C(=O)c2ccc(F)c(N)c2)CCS1. The lowest BCUT2D eigenvalue weighted by molar-refractivity contribution is 0.0761. The molecule has 0 aliphatic carbocycles. The maximum Gasteiger partial charge on any atom is 0.253 e. The van der Waals surface area contributed by atoms with Crippen molar-refractivity contribution in [3.05, 3.63) is 29.6 Å². The van der Waals surface area contributed by atoms with Crippen molar-refractivity contribution in [1.29, 1.82) is 0 Å². The van der Waals surface area contributed by atoms with Gasteiger partial charge in [-0.1, -0.05) is 6.92 Å². The summed E-state index contributed by atoms with van der Waals surface area (Å²) in [5.41, 5.74) is 5.99. The standard InChI is InChI=1S/C13H17FN2OS/c1-2-10-8-16(5-6-18-10)13(17)9-3-4-11(14)12(15)7-9/h3-4,7,10H,2,5-6,8,15H2,1H3. The highest BCUT2D eigenvalue weighted by molar-refractivity contribution is 8.00. The third-order valence-corrected chi connectivity index (χ3v) is 4.50. The quantitative estimate of drug-likeness (QED) is 0.838. The molecule has 1 saturated heterocycles. The normalized spacial score (nSPS) is 19.9. The monoisotopic (exact) mass is 268 g/mol. The van der Waals surface area contributed by atoms with Crippen LogP contribution in [0.15, 0.2) is 18.2 Å². The van der Waals surface area contributed by atoms with Crippen molar-refractivity contribution in [2.75, 3.05) is 24.6 Å². The number of nitrogens with two attached hydrogens (primary N) is 1. The van der Waals surface area contributed by atoms with Crippen molar-refractivity contribution >= 4 is 23.4 Å². The molecule has 1 aromatic rings. The first-order chi connectivity index (χ1) is 8.61. The summed E-state index contributed by atoms with van der Waals surface area (Å²) in [5.74, 6) is 0.425. The number of hydrogen-bond acceptors (Lipinski definition) is 3. The Balaban J connectivity index is 2.12. The van der Waals surface area contributed by atoms with Gasteiger partial charge in [-0.3, -0.25) is 4.79 Å². The third kappa shape index (κ3) is 2.77. The summed E-state index contributed by atoms with van der Waals surface area (Å²) >= 11 is 1.91. The van der Waals surface area contributed by atoms with Crippen molar-refractivity contribution in [3.63, 3.8) is 0 Å². The number of thioether (sulfide) groups is 1. The van der Waals surface area contributed by atoms with Gasteiger partial charge in [0.1, 0.15) is 5.82 Å². The number of carbonyl (C=O) groups excluding carboxylic acids is 1. The van der Waals surface area contributed by atoms with Gasteiger partial charge in [0.25, 0.3) is 5.91 Å². The molecule has 1 amide bonds. The molecule has 1 atom stereocenters. The fourth-order valence-electron chi connectivity index (χ4n) is 2.01. The van der Waals surface area contributed by atoms with Crippen LogP contribution in [0, 0.1) is 5.82 Å². The average Bonchev–Trinajstić information content (AvgIpc) is 2.41. The van der Waals surface area contributed by atoms with E-state index in [-0.39, 0.29) is 11.6 Å². The van der Waals surface area contributed by atoms with Gasteiger partial charge in [0.05, 0.1) is 5.69 Å². The summed E-state index contributed by atoms with van der Waals surface area (Å²) in [6.45, 7) is 3.64. The van der Waals surface area contributed by atoms with Gasteiger partial charge in [-0.25, -0.2) is 4.39 Å². The number of amides is 1. The molecule has 98 valence electrons. The first-order valence-electron chi connectivity index (χ1n) is 6.07. The summed E-state index contributed by atoms with van der Waals surface area (Å²) < 4.78 is 13.1. The Morgan fingerprint density at radius 2 is 2.39 bits per heavy atom. The molecule has 0 saturated carbocycles. The molecule has 0 radical (unpaired) electrons. The number of anilines is 1. The van der Waals surface area contributed by atoms with E-state index in [1.807, 2.05) is 16.7 Å². The van der Waals surface area contributed by atoms with Crippen LogP contribution in [0.4, 0.5) is 10.1 Å². The van der Waals surface area contributed by atoms with Gasteiger partial charge in [0.15, 0.2) is 0 Å². The zero-order valence-corrected chi connectivity index (χ0v) is 11.2. The maximum absolute atomic E-state index is 13.1. The molecule has 1 unspecified atom stereocenters. The fraction of sp³-hybridized carbons (Fsp3) is 0.462. The second-order valence-corrected chi connectivity index (χ2v) is 5.80. The number of hydrogen-bond donors (Lipinski definition) is 1. The van der Waals surface area contributed by atoms with Crippen LogP contribution in [-0.2, 0) is 0 Å². The Hall–Kier alpha value is -1.23. The highest BCUT2D eigenvalue weighted by atomic mass is 32.2. The lowest BCUT2D eigenvalue weighted by Crippen LogP contribution is -2.41. The molecular formula is C13H17FN2OS. The van der Waals surface area contributed by atoms with E-state index < -0.39 is 5.82 Å². The smallest absolute Gasteiger partial charge is 0.253 e. The minimum absolute atomic E-state index is 0.0271. The van der Waals surface area contributed by atoms with E-state index in [9.17, 15) is 9.18 Å². The van der Waals surface area contributed by atoms with E-state index in [1.54, 1.807) is 0 Å². The topological polar surface area (TPSA) is 46.3 Å². The van der Waals surface area contributed by atoms with Gasteiger partial charge in [0, 0.05) is 29.7 Å². The molecule has 2 N–H and O–H groups in total. The average molecular weight is 268 g/mol. The predicted molar refractivity (Wildman–Crippen MR) is 73.3 cm³/mol. The van der Waals surface area contributed by atoms with Crippen LogP contribution in [0.25, 0.3) is 0 Å². The molecule has 3 nitrogen and oxygen atoms in total. The molecule has 2 rings (SSSR count). The molecular weight excluding hydrogens is 251 g/mol. The van der Waals surface area contributed by atoms with Crippen LogP contribution in [0.2, 0.25) is 0 Å². The first-order valence-corrected chi connectivity index (χ1v) is 7.12. The summed E-state index contributed by atoms with van der Waals surface area (Å²) in [6, 6.07) is 4.16. The minimum atomic E-state index is -0.479. The summed E-state index contributed by atoms with van der Waals surface area (Å²) in [5, 5.41) is 0.500. The Morgan fingerprint density at radius 3 is 3.06 bits per heavy atom. The molecule has 0 spiro atoms. The lowest BCUT2D eigenvalue weighted by Gasteiger charge is -2.32. The van der Waals surface area contributed by atoms with Crippen molar-refractivity contribution in [2.24, 2.45) is 0 Å². The van der Waals surface area contributed by atoms with Crippen LogP contribution >= 0.6 is 11.8 Å². The van der Waals surface area contributed by atoms with E-state index in [1.165, 1.54) is 18.2 Å². The molecule has 5 heteroatoms. The Kier molecular flexibility index (Phi) is 4.11. The van der Waals surface area contributed by atoms with Gasteiger partial charge in [0.2, 0.25) is 0 Å². The molecule has 0 aromatic heterocycles. The van der Waals surface area contributed by atoms with Crippen LogP contribution in [0.3, 0.4) is 0 Å². The molecule has 1 aliphatic heterocycles. The van der Waals surface area contributed by atoms with Crippen molar-refractivity contribution in [3.8, 4) is 0 Å². The number of nitrogen functional groups attached to an aromatic ring is 1. The van der Waals surface area contributed by atoms with E-state index >= 15 is 0 Å². The van der Waals surface area contributed by atoms with Gasteiger partial charge in [-0.05, 0) is 24.6 Å². The molecule has 1 heterocycles. The summed E-state index contributed by atoms with van der Waals surface area (Å²) in [7, 11) is 0. The Labute approximate surface area is 111 Å². The van der Waals surface area contributed by atoms with Gasteiger partial charge in [-0.15, -0.1) is 0 Å². The molecule has 18 heavy (non-hydrogen) atoms. The van der Waals surface area contributed by atoms with Crippen LogP contribution < -0.4 is 5.73 Å². The van der Waals surface area contributed by atoms with Crippen molar-refractivity contribution < 1.29 is 9.18 Å². The fourth-order valence-corrected chi connectivity index (χ4v) is 3.19. The van der Waals surface area contributed by atoms with E-state index in [0.29, 0.717) is 10.8 Å². The number of carbonyl (C=O) groups is 1. The van der Waals surface area contributed by atoms with Gasteiger partial charge >= 0.3 is 0 Å². The number of benzene rings is 1. The number of nitrogens with zero attached hydrogens (tertiary/aromatic N) is 1.